The van der Waals surface area contributed by atoms with Crippen LogP contribution in [0.25, 0.3) is 0 Å². The van der Waals surface area contributed by atoms with E-state index >= 15 is 0 Å². The van der Waals surface area contributed by atoms with Crippen LogP contribution in [0.4, 0.5) is 9.52 Å². The Bertz CT molecular complexity index is 738. The molecule has 0 fully saturated rings. The Kier molecular flexibility index (Phi) is 4.21. The molecule has 21 heavy (non-hydrogen) atoms. The minimum atomic E-state index is -0.206. The smallest absolute Gasteiger partial charge is 0.205 e. The zero-order chi connectivity index (χ0) is 14.7. The van der Waals surface area contributed by atoms with Crippen molar-refractivity contribution in [3.05, 3.63) is 56.7 Å². The van der Waals surface area contributed by atoms with Crippen LogP contribution in [0.1, 0.15) is 21.1 Å². The Morgan fingerprint density at radius 3 is 2.86 bits per heavy atom. The number of anilines is 1. The topological polar surface area (TPSA) is 50.7 Å². The molecule has 7 heteroatoms. The van der Waals surface area contributed by atoms with Gasteiger partial charge in [0, 0.05) is 11.3 Å². The third-order valence-electron chi connectivity index (χ3n) is 3.01. The molecular weight excluding hydrogens is 307 g/mol. The fourth-order valence-electron chi connectivity index (χ4n) is 1.85. The standard InChI is InChI=1S/C14H13FN4S2/c1-9-12(20-8-17-9)7-16-14-19-18-13(21-14)6-10-4-2-3-5-11(10)15/h2-5,8H,6-7H2,1H3,(H,16,19). The molecule has 2 aromatic heterocycles. The highest BCUT2D eigenvalue weighted by atomic mass is 32.1. The predicted molar refractivity (Wildman–Crippen MR) is 83.3 cm³/mol. The number of aromatic nitrogens is 3. The predicted octanol–water partition coefficient (Wildman–Crippen LogP) is 3.65. The van der Waals surface area contributed by atoms with Crippen LogP contribution in [0.2, 0.25) is 0 Å². The monoisotopic (exact) mass is 320 g/mol. The molecule has 0 aliphatic heterocycles. The molecule has 0 amide bonds. The van der Waals surface area contributed by atoms with Gasteiger partial charge in [0.1, 0.15) is 10.8 Å². The minimum absolute atomic E-state index is 0.206. The zero-order valence-electron chi connectivity index (χ0n) is 11.3. The first-order chi connectivity index (χ1) is 10.2. The van der Waals surface area contributed by atoms with Crippen LogP contribution in [0.3, 0.4) is 0 Å². The fourth-order valence-corrected chi connectivity index (χ4v) is 3.33. The molecule has 0 spiro atoms. The quantitative estimate of drug-likeness (QED) is 0.780. The molecule has 0 radical (unpaired) electrons. The maximum atomic E-state index is 13.6. The number of benzene rings is 1. The van der Waals surface area contributed by atoms with Crippen LogP contribution in [0.15, 0.2) is 29.8 Å². The Hall–Kier alpha value is -1.86. The first-order valence-corrected chi connectivity index (χ1v) is 8.10. The normalized spacial score (nSPS) is 10.8. The number of aryl methyl sites for hydroxylation is 1. The molecule has 0 aliphatic rings. The second kappa shape index (κ2) is 6.28. The summed E-state index contributed by atoms with van der Waals surface area (Å²) < 4.78 is 13.6. The van der Waals surface area contributed by atoms with E-state index in [9.17, 15) is 4.39 Å². The van der Waals surface area contributed by atoms with Gasteiger partial charge in [0.2, 0.25) is 5.13 Å². The van der Waals surface area contributed by atoms with Crippen molar-refractivity contribution < 1.29 is 4.39 Å². The van der Waals surface area contributed by atoms with Crippen molar-refractivity contribution in [1.82, 2.24) is 15.2 Å². The maximum absolute atomic E-state index is 13.6. The number of hydrogen-bond donors (Lipinski definition) is 1. The molecular formula is C14H13FN4S2. The van der Waals surface area contributed by atoms with Crippen molar-refractivity contribution in [1.29, 1.82) is 0 Å². The van der Waals surface area contributed by atoms with Gasteiger partial charge in [-0.05, 0) is 18.6 Å². The number of thiazole rings is 1. The van der Waals surface area contributed by atoms with E-state index in [0.717, 1.165) is 15.8 Å². The Labute approximate surface area is 129 Å². The maximum Gasteiger partial charge on any atom is 0.205 e. The zero-order valence-corrected chi connectivity index (χ0v) is 13.0. The van der Waals surface area contributed by atoms with Gasteiger partial charge in [-0.2, -0.15) is 0 Å². The molecule has 0 saturated carbocycles. The third kappa shape index (κ3) is 3.43. The average molecular weight is 320 g/mol. The van der Waals surface area contributed by atoms with Crippen molar-refractivity contribution in [3.8, 4) is 0 Å². The van der Waals surface area contributed by atoms with Gasteiger partial charge in [0.05, 0.1) is 17.7 Å². The Balaban J connectivity index is 1.64. The van der Waals surface area contributed by atoms with E-state index in [4.69, 9.17) is 0 Å². The lowest BCUT2D eigenvalue weighted by Gasteiger charge is -2.00. The summed E-state index contributed by atoms with van der Waals surface area (Å²) in [5, 5.41) is 13.0. The van der Waals surface area contributed by atoms with Crippen LogP contribution in [-0.2, 0) is 13.0 Å². The molecule has 0 unspecified atom stereocenters. The minimum Gasteiger partial charge on any atom is -0.355 e. The van der Waals surface area contributed by atoms with Gasteiger partial charge in [-0.3, -0.25) is 0 Å². The van der Waals surface area contributed by atoms with E-state index in [2.05, 4.69) is 20.5 Å². The highest BCUT2D eigenvalue weighted by Crippen LogP contribution is 2.21. The van der Waals surface area contributed by atoms with E-state index in [1.165, 1.54) is 22.3 Å². The summed E-state index contributed by atoms with van der Waals surface area (Å²) >= 11 is 3.06. The summed E-state index contributed by atoms with van der Waals surface area (Å²) in [7, 11) is 0. The number of nitrogens with zero attached hydrogens (tertiary/aromatic N) is 3. The largest absolute Gasteiger partial charge is 0.355 e. The fraction of sp³-hybridized carbons (Fsp3) is 0.214. The van der Waals surface area contributed by atoms with E-state index < -0.39 is 0 Å². The van der Waals surface area contributed by atoms with Gasteiger partial charge >= 0.3 is 0 Å². The average Bonchev–Trinajstić information content (AvgIpc) is 3.08. The molecule has 0 saturated heterocycles. The number of halogens is 1. The number of hydrogen-bond acceptors (Lipinski definition) is 6. The van der Waals surface area contributed by atoms with Crippen LogP contribution in [0, 0.1) is 12.7 Å². The first kappa shape index (κ1) is 14.1. The van der Waals surface area contributed by atoms with Gasteiger partial charge in [0.15, 0.2) is 0 Å². The molecule has 2 heterocycles. The van der Waals surface area contributed by atoms with E-state index in [1.54, 1.807) is 23.5 Å². The first-order valence-electron chi connectivity index (χ1n) is 6.41. The van der Waals surface area contributed by atoms with Crippen molar-refractivity contribution in [2.24, 2.45) is 0 Å². The lowest BCUT2D eigenvalue weighted by atomic mass is 10.1. The van der Waals surface area contributed by atoms with Crippen LogP contribution >= 0.6 is 22.7 Å². The van der Waals surface area contributed by atoms with E-state index in [0.29, 0.717) is 18.5 Å². The summed E-state index contributed by atoms with van der Waals surface area (Å²) in [4.78, 5) is 5.39. The van der Waals surface area contributed by atoms with Gasteiger partial charge in [0.25, 0.3) is 0 Å². The molecule has 1 aromatic carbocycles. The van der Waals surface area contributed by atoms with Gasteiger partial charge in [-0.15, -0.1) is 21.5 Å². The lowest BCUT2D eigenvalue weighted by Crippen LogP contribution is -1.98. The van der Waals surface area contributed by atoms with Crippen molar-refractivity contribution in [3.63, 3.8) is 0 Å². The van der Waals surface area contributed by atoms with Crippen molar-refractivity contribution in [2.45, 2.75) is 19.9 Å². The summed E-state index contributed by atoms with van der Waals surface area (Å²) in [6.07, 6.45) is 0.464. The highest BCUT2D eigenvalue weighted by molar-refractivity contribution is 7.15. The van der Waals surface area contributed by atoms with Crippen LogP contribution < -0.4 is 5.32 Å². The summed E-state index contributed by atoms with van der Waals surface area (Å²) in [6, 6.07) is 6.74. The molecule has 0 atom stereocenters. The van der Waals surface area contributed by atoms with E-state index in [-0.39, 0.29) is 5.82 Å². The molecule has 4 nitrogen and oxygen atoms in total. The summed E-state index contributed by atoms with van der Waals surface area (Å²) in [5.74, 6) is -0.206. The second-order valence-electron chi connectivity index (χ2n) is 4.48. The van der Waals surface area contributed by atoms with Gasteiger partial charge < -0.3 is 5.32 Å². The van der Waals surface area contributed by atoms with Gasteiger partial charge in [-0.25, -0.2) is 9.37 Å². The molecule has 0 bridgehead atoms. The van der Waals surface area contributed by atoms with Crippen LogP contribution in [0.5, 0.6) is 0 Å². The molecule has 1 N–H and O–H groups in total. The van der Waals surface area contributed by atoms with Crippen molar-refractivity contribution >= 4 is 27.8 Å². The third-order valence-corrected chi connectivity index (χ3v) is 4.83. The highest BCUT2D eigenvalue weighted by Gasteiger charge is 2.09. The Morgan fingerprint density at radius 1 is 1.24 bits per heavy atom. The molecule has 3 rings (SSSR count). The number of rotatable bonds is 5. The second-order valence-corrected chi connectivity index (χ2v) is 6.49. The molecule has 108 valence electrons. The lowest BCUT2D eigenvalue weighted by molar-refractivity contribution is 0.613. The summed E-state index contributed by atoms with van der Waals surface area (Å²) in [6.45, 7) is 2.67. The molecule has 0 aliphatic carbocycles. The molecule has 3 aromatic rings. The van der Waals surface area contributed by atoms with Gasteiger partial charge in [-0.1, -0.05) is 29.5 Å². The van der Waals surface area contributed by atoms with Crippen LogP contribution in [-0.4, -0.2) is 15.2 Å². The SMILES string of the molecule is Cc1ncsc1CNc1nnc(Cc2ccccc2F)s1. The van der Waals surface area contributed by atoms with Crippen molar-refractivity contribution in [2.75, 3.05) is 5.32 Å². The number of nitrogens with one attached hydrogen (secondary N) is 1. The van der Waals surface area contributed by atoms with E-state index in [1.807, 2.05) is 18.5 Å². The Morgan fingerprint density at radius 2 is 2.10 bits per heavy atom. The summed E-state index contributed by atoms with van der Waals surface area (Å²) in [5.41, 5.74) is 3.50.